The Morgan fingerprint density at radius 3 is 1.94 bits per heavy atom. The fourth-order valence-electron chi connectivity index (χ4n) is 0.977. The molecule has 1 aromatic rings. The van der Waals surface area contributed by atoms with Crippen LogP contribution in [0.25, 0.3) is 0 Å². The van der Waals surface area contributed by atoms with Crippen molar-refractivity contribution in [3.8, 4) is 0 Å². The molecule has 16 heavy (non-hydrogen) atoms. The third-order valence-electron chi connectivity index (χ3n) is 1.92. The van der Waals surface area contributed by atoms with Gasteiger partial charge in [-0.1, -0.05) is 38.1 Å². The largest absolute Gasteiger partial charge is 0.400 e. The van der Waals surface area contributed by atoms with E-state index in [9.17, 15) is 0 Å². The van der Waals surface area contributed by atoms with Crippen molar-refractivity contribution in [3.05, 3.63) is 35.4 Å². The highest BCUT2D eigenvalue weighted by atomic mass is 16.2. The van der Waals surface area contributed by atoms with Gasteiger partial charge >= 0.3 is 0 Å². The fourth-order valence-corrected chi connectivity index (χ4v) is 0.977. The van der Waals surface area contributed by atoms with Gasteiger partial charge in [-0.3, -0.25) is 0 Å². The summed E-state index contributed by atoms with van der Waals surface area (Å²) >= 11 is 0. The Morgan fingerprint density at radius 2 is 1.56 bits per heavy atom. The van der Waals surface area contributed by atoms with Crippen LogP contribution >= 0.6 is 0 Å². The average Bonchev–Trinajstić information content (AvgIpc) is 2.41. The van der Waals surface area contributed by atoms with Gasteiger partial charge in [-0.25, -0.2) is 0 Å². The molecule has 0 unspecified atom stereocenters. The molecule has 0 fully saturated rings. The van der Waals surface area contributed by atoms with Gasteiger partial charge in [0, 0.05) is 13.7 Å². The molecule has 0 aliphatic heterocycles. The molecule has 1 rings (SSSR count). The third-order valence-corrected chi connectivity index (χ3v) is 1.92. The topological polar surface area (TPSA) is 72.3 Å². The Bertz CT molecular complexity index is 218. The number of nitrogens with two attached hydrogens (primary N) is 2. The van der Waals surface area contributed by atoms with E-state index < -0.39 is 0 Å². The quantitative estimate of drug-likeness (QED) is 0.734. The molecule has 3 nitrogen and oxygen atoms in total. The molecular weight excluding hydrogens is 200 g/mol. The number of aryl methyl sites for hydroxylation is 1. The molecule has 0 radical (unpaired) electrons. The second-order valence-corrected chi connectivity index (χ2v) is 3.17. The van der Waals surface area contributed by atoms with Crippen LogP contribution in [0.2, 0.25) is 0 Å². The number of rotatable bonds is 3. The molecule has 3 heteroatoms. The van der Waals surface area contributed by atoms with Crippen molar-refractivity contribution >= 4 is 0 Å². The summed E-state index contributed by atoms with van der Waals surface area (Å²) in [6.07, 6.45) is 2.19. The Morgan fingerprint density at radius 1 is 1.06 bits per heavy atom. The van der Waals surface area contributed by atoms with Crippen LogP contribution in [0.4, 0.5) is 0 Å². The third kappa shape index (κ3) is 9.65. The maximum absolute atomic E-state index is 7.00. The number of aliphatic hydroxyl groups is 1. The van der Waals surface area contributed by atoms with Gasteiger partial charge in [0.2, 0.25) is 0 Å². The highest BCUT2D eigenvalue weighted by molar-refractivity contribution is 5.22. The van der Waals surface area contributed by atoms with E-state index in [0.717, 1.165) is 26.5 Å². The zero-order valence-electron chi connectivity index (χ0n) is 10.7. The van der Waals surface area contributed by atoms with Gasteiger partial charge in [-0.15, -0.1) is 0 Å². The number of aliphatic hydroxyl groups excluding tert-OH is 1. The van der Waals surface area contributed by atoms with Gasteiger partial charge in [-0.2, -0.15) is 0 Å². The minimum Gasteiger partial charge on any atom is -0.400 e. The summed E-state index contributed by atoms with van der Waals surface area (Å²) in [5.41, 5.74) is 13.1. The van der Waals surface area contributed by atoms with E-state index in [1.54, 1.807) is 0 Å². The summed E-state index contributed by atoms with van der Waals surface area (Å²) in [6, 6.07) is 8.39. The number of hydrogen-bond acceptors (Lipinski definition) is 3. The molecule has 0 spiro atoms. The Kier molecular flexibility index (Phi) is 15.4. The molecule has 94 valence electrons. The highest BCUT2D eigenvalue weighted by Gasteiger charge is 1.89. The Hall–Kier alpha value is -0.900. The smallest absolute Gasteiger partial charge is 0.0319 e. The second kappa shape index (κ2) is 14.1. The van der Waals surface area contributed by atoms with E-state index in [-0.39, 0.29) is 0 Å². The SMILES string of the molecule is CCCN.CCc1cccc(CN)c1.CO. The predicted molar refractivity (Wildman–Crippen MR) is 71.2 cm³/mol. The van der Waals surface area contributed by atoms with E-state index in [0.29, 0.717) is 6.54 Å². The first-order valence-corrected chi connectivity index (χ1v) is 5.71. The lowest BCUT2D eigenvalue weighted by Crippen LogP contribution is -1.96. The Labute approximate surface area is 99.5 Å². The minimum absolute atomic E-state index is 0.647. The molecule has 0 aliphatic carbocycles. The molecule has 0 amide bonds. The lowest BCUT2D eigenvalue weighted by Gasteiger charge is -1.98. The summed E-state index contributed by atoms with van der Waals surface area (Å²) < 4.78 is 0. The van der Waals surface area contributed by atoms with Crippen molar-refractivity contribution < 1.29 is 5.11 Å². The van der Waals surface area contributed by atoms with Crippen LogP contribution in [0.3, 0.4) is 0 Å². The fraction of sp³-hybridized carbons (Fsp3) is 0.538. The molecule has 0 aliphatic rings. The van der Waals surface area contributed by atoms with E-state index >= 15 is 0 Å². The lowest BCUT2D eigenvalue weighted by molar-refractivity contribution is 0.399. The van der Waals surface area contributed by atoms with Crippen LogP contribution in [-0.4, -0.2) is 18.8 Å². The lowest BCUT2D eigenvalue weighted by atomic mass is 10.1. The average molecular weight is 226 g/mol. The van der Waals surface area contributed by atoms with E-state index in [2.05, 4.69) is 38.1 Å². The molecule has 0 aromatic heterocycles. The van der Waals surface area contributed by atoms with Crippen molar-refractivity contribution in [3.63, 3.8) is 0 Å². The van der Waals surface area contributed by atoms with Crippen LogP contribution in [0.1, 0.15) is 31.4 Å². The first-order valence-electron chi connectivity index (χ1n) is 5.71. The molecule has 0 saturated heterocycles. The summed E-state index contributed by atoms with van der Waals surface area (Å²) in [6.45, 7) is 5.67. The van der Waals surface area contributed by atoms with Crippen LogP contribution in [0, 0.1) is 0 Å². The normalized spacial score (nSPS) is 8.38. The summed E-state index contributed by atoms with van der Waals surface area (Å²) in [7, 11) is 1.00. The van der Waals surface area contributed by atoms with Crippen molar-refractivity contribution in [1.82, 2.24) is 0 Å². The van der Waals surface area contributed by atoms with E-state index in [1.807, 2.05) is 0 Å². The standard InChI is InChI=1S/C9H13N.C3H9N.CH4O/c1-2-8-4-3-5-9(6-8)7-10;1-2-3-4;1-2/h3-6H,2,7,10H2,1H3;2-4H2,1H3;2H,1H3. The van der Waals surface area contributed by atoms with Gasteiger partial charge in [0.25, 0.3) is 0 Å². The summed E-state index contributed by atoms with van der Waals surface area (Å²) in [5, 5.41) is 7.00. The molecule has 0 saturated carbocycles. The van der Waals surface area contributed by atoms with Crippen molar-refractivity contribution in [2.45, 2.75) is 33.2 Å². The molecule has 0 atom stereocenters. The van der Waals surface area contributed by atoms with Crippen molar-refractivity contribution in [2.75, 3.05) is 13.7 Å². The van der Waals surface area contributed by atoms with Crippen LogP contribution in [0.15, 0.2) is 24.3 Å². The first-order chi connectivity index (χ1) is 7.78. The first kappa shape index (κ1) is 17.5. The Balaban J connectivity index is 0. The zero-order valence-corrected chi connectivity index (χ0v) is 10.7. The van der Waals surface area contributed by atoms with E-state index in [4.69, 9.17) is 16.6 Å². The maximum Gasteiger partial charge on any atom is 0.0319 e. The number of benzene rings is 1. The maximum atomic E-state index is 7.00. The minimum atomic E-state index is 0.647. The summed E-state index contributed by atoms with van der Waals surface area (Å²) in [5.74, 6) is 0. The molecule has 1 aromatic carbocycles. The number of hydrogen-bond donors (Lipinski definition) is 3. The van der Waals surface area contributed by atoms with Crippen LogP contribution < -0.4 is 11.5 Å². The zero-order chi connectivity index (χ0) is 12.8. The predicted octanol–water partition coefficient (Wildman–Crippen LogP) is 1.67. The van der Waals surface area contributed by atoms with Crippen molar-refractivity contribution in [1.29, 1.82) is 0 Å². The van der Waals surface area contributed by atoms with Crippen LogP contribution in [0.5, 0.6) is 0 Å². The van der Waals surface area contributed by atoms with Gasteiger partial charge < -0.3 is 16.6 Å². The molecule has 0 bridgehead atoms. The van der Waals surface area contributed by atoms with Gasteiger partial charge in [0.05, 0.1) is 0 Å². The van der Waals surface area contributed by atoms with E-state index in [1.165, 1.54) is 11.1 Å². The highest BCUT2D eigenvalue weighted by Crippen LogP contribution is 2.04. The second-order valence-electron chi connectivity index (χ2n) is 3.17. The molecule has 0 heterocycles. The molecular formula is C13H26N2O. The van der Waals surface area contributed by atoms with Crippen LogP contribution in [-0.2, 0) is 13.0 Å². The molecule has 5 N–H and O–H groups in total. The monoisotopic (exact) mass is 226 g/mol. The van der Waals surface area contributed by atoms with Gasteiger partial charge in [0.15, 0.2) is 0 Å². The van der Waals surface area contributed by atoms with Gasteiger partial charge in [-0.05, 0) is 30.5 Å². The van der Waals surface area contributed by atoms with Gasteiger partial charge in [0.1, 0.15) is 0 Å². The van der Waals surface area contributed by atoms with Crippen molar-refractivity contribution in [2.24, 2.45) is 11.5 Å². The summed E-state index contributed by atoms with van der Waals surface area (Å²) in [4.78, 5) is 0.